The molecule has 1 aromatic carbocycles. The molecule has 2 aliphatic heterocycles. The number of anilines is 2. The van der Waals surface area contributed by atoms with Gasteiger partial charge in [0.25, 0.3) is 5.91 Å². The first-order valence-corrected chi connectivity index (χ1v) is 11.6. The summed E-state index contributed by atoms with van der Waals surface area (Å²) in [4.78, 5) is 19.3. The minimum absolute atomic E-state index is 0.111. The predicted molar refractivity (Wildman–Crippen MR) is 125 cm³/mol. The number of benzene rings is 1. The van der Waals surface area contributed by atoms with Gasteiger partial charge >= 0.3 is 0 Å². The van der Waals surface area contributed by atoms with Crippen molar-refractivity contribution in [1.29, 1.82) is 0 Å². The summed E-state index contributed by atoms with van der Waals surface area (Å²) in [7, 11) is 0. The fourth-order valence-electron chi connectivity index (χ4n) is 4.31. The van der Waals surface area contributed by atoms with Crippen molar-refractivity contribution in [3.05, 3.63) is 45.5 Å². The third-order valence-corrected chi connectivity index (χ3v) is 6.66. The van der Waals surface area contributed by atoms with E-state index in [0.29, 0.717) is 19.1 Å². The number of piperidine rings is 1. The molecule has 0 spiro atoms. The number of halogens is 1. The zero-order valence-corrected chi connectivity index (χ0v) is 19.1. The highest BCUT2D eigenvalue weighted by Gasteiger charge is 2.25. The van der Waals surface area contributed by atoms with Crippen molar-refractivity contribution in [1.82, 2.24) is 15.1 Å². The van der Waals surface area contributed by atoms with Crippen molar-refractivity contribution in [3.63, 3.8) is 0 Å². The minimum Gasteiger partial charge on any atom is -0.352 e. The van der Waals surface area contributed by atoms with Crippen molar-refractivity contribution < 1.29 is 4.79 Å². The summed E-state index contributed by atoms with van der Waals surface area (Å²) in [5.74, 6) is 2.01. The van der Waals surface area contributed by atoms with E-state index in [9.17, 15) is 4.79 Å². The fraction of sp³-hybridized carbons (Fsp3) is 0.500. The Morgan fingerprint density at radius 2 is 1.79 bits per heavy atom. The molecule has 0 N–H and O–H groups in total. The molecule has 2 saturated heterocycles. The molecule has 1 unspecified atom stereocenters. The lowest BCUT2D eigenvalue weighted by Gasteiger charge is -2.37. The van der Waals surface area contributed by atoms with E-state index in [1.165, 1.54) is 19.3 Å². The predicted octanol–water partition coefficient (Wildman–Crippen LogP) is 3.81. The summed E-state index contributed by atoms with van der Waals surface area (Å²) >= 11 is 2.25. The molecular weight excluding hydrogens is 477 g/mol. The average molecular weight is 505 g/mol. The van der Waals surface area contributed by atoms with Gasteiger partial charge in [-0.05, 0) is 78.6 Å². The number of hydrogen-bond donors (Lipinski definition) is 0. The van der Waals surface area contributed by atoms with Gasteiger partial charge in [0, 0.05) is 47.9 Å². The first kappa shape index (κ1) is 20.4. The molecular formula is C22H28IN5O. The highest BCUT2D eigenvalue weighted by molar-refractivity contribution is 14.1. The highest BCUT2D eigenvalue weighted by atomic mass is 127. The number of carbonyl (C=O) groups is 1. The van der Waals surface area contributed by atoms with Crippen molar-refractivity contribution in [2.24, 2.45) is 0 Å². The Morgan fingerprint density at radius 1 is 1.03 bits per heavy atom. The van der Waals surface area contributed by atoms with Gasteiger partial charge in [-0.1, -0.05) is 13.0 Å². The molecule has 6 nitrogen and oxygen atoms in total. The van der Waals surface area contributed by atoms with Crippen LogP contribution in [0.5, 0.6) is 0 Å². The molecule has 0 radical (unpaired) electrons. The van der Waals surface area contributed by atoms with Crippen LogP contribution in [0.4, 0.5) is 11.6 Å². The lowest BCUT2D eigenvalue weighted by molar-refractivity contribution is 0.0746. The minimum atomic E-state index is 0.111. The Labute approximate surface area is 186 Å². The van der Waals surface area contributed by atoms with E-state index in [4.69, 9.17) is 0 Å². The van der Waals surface area contributed by atoms with Gasteiger partial charge in [0.05, 0.1) is 0 Å². The van der Waals surface area contributed by atoms with Gasteiger partial charge in [-0.15, -0.1) is 10.2 Å². The van der Waals surface area contributed by atoms with Crippen LogP contribution >= 0.6 is 22.6 Å². The van der Waals surface area contributed by atoms with Gasteiger partial charge in [-0.3, -0.25) is 4.79 Å². The van der Waals surface area contributed by atoms with E-state index in [1.807, 2.05) is 29.2 Å². The third kappa shape index (κ3) is 4.65. The smallest absolute Gasteiger partial charge is 0.254 e. The third-order valence-electron chi connectivity index (χ3n) is 5.99. The topological polar surface area (TPSA) is 52.6 Å². The molecule has 0 saturated carbocycles. The summed E-state index contributed by atoms with van der Waals surface area (Å²) in [5, 5.41) is 9.06. The molecule has 2 aromatic rings. The van der Waals surface area contributed by atoms with Crippen LogP contribution < -0.4 is 9.80 Å². The summed E-state index contributed by atoms with van der Waals surface area (Å²) in [6.07, 6.45) is 4.94. The van der Waals surface area contributed by atoms with Crippen molar-refractivity contribution >= 4 is 40.1 Å². The largest absolute Gasteiger partial charge is 0.352 e. The maximum absolute atomic E-state index is 12.7. The molecule has 29 heavy (non-hydrogen) atoms. The quantitative estimate of drug-likeness (QED) is 0.592. The van der Waals surface area contributed by atoms with E-state index in [-0.39, 0.29) is 5.91 Å². The molecule has 154 valence electrons. The zero-order chi connectivity index (χ0) is 20.2. The van der Waals surface area contributed by atoms with E-state index >= 15 is 0 Å². The fourth-order valence-corrected chi connectivity index (χ4v) is 4.85. The normalized spacial score (nSPS) is 20.1. The number of hydrogen-bond acceptors (Lipinski definition) is 5. The summed E-state index contributed by atoms with van der Waals surface area (Å²) in [6, 6.07) is 12.6. The van der Waals surface area contributed by atoms with Crippen molar-refractivity contribution in [2.45, 2.75) is 38.6 Å². The molecule has 0 bridgehead atoms. The van der Waals surface area contributed by atoms with Crippen LogP contribution in [0.15, 0.2) is 36.4 Å². The molecule has 2 aliphatic rings. The van der Waals surface area contributed by atoms with Gasteiger partial charge in [-0.25, -0.2) is 0 Å². The van der Waals surface area contributed by atoms with Crippen LogP contribution in [-0.2, 0) is 0 Å². The SMILES string of the molecule is CCC1CCCCN1c1ccc(N2CCN(C(=O)c3cccc(I)c3)CC2)nn1. The molecule has 1 aromatic heterocycles. The van der Waals surface area contributed by atoms with Gasteiger partial charge in [0.15, 0.2) is 11.6 Å². The highest BCUT2D eigenvalue weighted by Crippen LogP contribution is 2.25. The van der Waals surface area contributed by atoms with Crippen LogP contribution in [0.1, 0.15) is 43.0 Å². The number of carbonyl (C=O) groups excluding carboxylic acids is 1. The second-order valence-corrected chi connectivity index (χ2v) is 9.04. The van der Waals surface area contributed by atoms with Gasteiger partial charge in [0.2, 0.25) is 0 Å². The standard InChI is InChI=1S/C22H28IN5O/c1-2-19-8-3-4-11-28(19)21-10-9-20(24-25-21)26-12-14-27(15-13-26)22(29)17-6-5-7-18(23)16-17/h5-7,9-10,16,19H,2-4,8,11-15H2,1H3. The first-order chi connectivity index (χ1) is 14.2. The lowest BCUT2D eigenvalue weighted by atomic mass is 10.0. The number of nitrogens with zero attached hydrogens (tertiary/aromatic N) is 5. The molecule has 3 heterocycles. The Morgan fingerprint density at radius 3 is 2.48 bits per heavy atom. The number of amides is 1. The lowest BCUT2D eigenvalue weighted by Crippen LogP contribution is -2.49. The van der Waals surface area contributed by atoms with Crippen molar-refractivity contribution in [3.8, 4) is 0 Å². The van der Waals surface area contributed by atoms with Crippen LogP contribution in [0.2, 0.25) is 0 Å². The van der Waals surface area contributed by atoms with Crippen LogP contribution in [0, 0.1) is 3.57 Å². The Kier molecular flexibility index (Phi) is 6.52. The molecule has 1 amide bonds. The maximum Gasteiger partial charge on any atom is 0.254 e. The zero-order valence-electron chi connectivity index (χ0n) is 16.9. The molecule has 1 atom stereocenters. The number of aromatic nitrogens is 2. The van der Waals surface area contributed by atoms with E-state index in [2.05, 4.69) is 61.6 Å². The van der Waals surface area contributed by atoms with E-state index < -0.39 is 0 Å². The van der Waals surface area contributed by atoms with Crippen molar-refractivity contribution in [2.75, 3.05) is 42.5 Å². The number of piperazine rings is 1. The van der Waals surface area contributed by atoms with Gasteiger partial charge in [0.1, 0.15) is 0 Å². The molecule has 0 aliphatic carbocycles. The first-order valence-electron chi connectivity index (χ1n) is 10.6. The monoisotopic (exact) mass is 505 g/mol. The Hall–Kier alpha value is -1.90. The van der Waals surface area contributed by atoms with Crippen LogP contribution in [0.25, 0.3) is 0 Å². The average Bonchev–Trinajstić information content (AvgIpc) is 2.79. The van der Waals surface area contributed by atoms with Crippen LogP contribution in [0.3, 0.4) is 0 Å². The molecule has 2 fully saturated rings. The molecule has 7 heteroatoms. The van der Waals surface area contributed by atoms with E-state index in [0.717, 1.165) is 46.8 Å². The Bertz CT molecular complexity index is 835. The van der Waals surface area contributed by atoms with Gasteiger partial charge < -0.3 is 14.7 Å². The van der Waals surface area contributed by atoms with Gasteiger partial charge in [-0.2, -0.15) is 0 Å². The Balaban J connectivity index is 1.37. The molecule has 4 rings (SSSR count). The number of rotatable bonds is 4. The van der Waals surface area contributed by atoms with E-state index in [1.54, 1.807) is 0 Å². The van der Waals surface area contributed by atoms with Crippen LogP contribution in [-0.4, -0.2) is 59.8 Å². The maximum atomic E-state index is 12.7. The summed E-state index contributed by atoms with van der Waals surface area (Å²) in [6.45, 7) is 6.30. The summed E-state index contributed by atoms with van der Waals surface area (Å²) in [5.41, 5.74) is 0.765. The summed E-state index contributed by atoms with van der Waals surface area (Å²) < 4.78 is 1.08. The second-order valence-electron chi connectivity index (χ2n) is 7.79. The second kappa shape index (κ2) is 9.28.